The van der Waals surface area contributed by atoms with Crippen molar-refractivity contribution >= 4 is 5.97 Å². The van der Waals surface area contributed by atoms with Gasteiger partial charge in [0.15, 0.2) is 0 Å². The minimum absolute atomic E-state index is 0.0417. The molecule has 0 bridgehead atoms. The molecule has 0 aromatic rings. The summed E-state index contributed by atoms with van der Waals surface area (Å²) in [7, 11) is 0. The Labute approximate surface area is 101 Å². The van der Waals surface area contributed by atoms with Gasteiger partial charge in [0.2, 0.25) is 0 Å². The highest BCUT2D eigenvalue weighted by atomic mass is 16.5. The number of rotatable bonds is 8. The molecule has 0 radical (unpaired) electrons. The second-order valence-electron chi connectivity index (χ2n) is 3.23. The molecule has 0 rings (SSSR count). The van der Waals surface area contributed by atoms with Crippen LogP contribution >= 0.6 is 0 Å². The summed E-state index contributed by atoms with van der Waals surface area (Å²) in [4.78, 5) is 9.73. The minimum atomic E-state index is -0.875. The Kier molecular flexibility index (Phi) is 16.3. The molecule has 0 spiro atoms. The molecule has 0 aromatic heterocycles. The van der Waals surface area contributed by atoms with Gasteiger partial charge in [-0.1, -0.05) is 5.57 Å². The van der Waals surface area contributed by atoms with E-state index < -0.39 is 5.97 Å². The number of aliphatic hydroxyl groups is 2. The smallest absolute Gasteiger partial charge is 0.328 e. The van der Waals surface area contributed by atoms with Crippen molar-refractivity contribution < 1.29 is 29.6 Å². The van der Waals surface area contributed by atoms with Crippen molar-refractivity contribution in [3.8, 4) is 0 Å². The van der Waals surface area contributed by atoms with E-state index in [1.54, 1.807) is 13.8 Å². The first-order valence-corrected chi connectivity index (χ1v) is 5.29. The van der Waals surface area contributed by atoms with Gasteiger partial charge in [-0.2, -0.15) is 0 Å². The zero-order valence-corrected chi connectivity index (χ0v) is 10.4. The molecule has 0 fully saturated rings. The van der Waals surface area contributed by atoms with Crippen LogP contribution in [0.2, 0.25) is 0 Å². The summed E-state index contributed by atoms with van der Waals surface area (Å²) in [5, 5.41) is 24.5. The predicted octanol–water partition coefficient (Wildman–Crippen LogP) is 0.0414. The van der Waals surface area contributed by atoms with Gasteiger partial charge in [-0.05, 0) is 13.8 Å². The van der Waals surface area contributed by atoms with E-state index in [-0.39, 0.29) is 13.2 Å². The normalized spacial score (nSPS) is 9.18. The van der Waals surface area contributed by atoms with Gasteiger partial charge >= 0.3 is 5.97 Å². The molecule has 0 amide bonds. The van der Waals surface area contributed by atoms with Gasteiger partial charge in [0.05, 0.1) is 39.6 Å². The van der Waals surface area contributed by atoms with Crippen LogP contribution in [0.5, 0.6) is 0 Å². The highest BCUT2D eigenvalue weighted by molar-refractivity contribution is 5.80. The van der Waals surface area contributed by atoms with E-state index in [0.29, 0.717) is 26.4 Å². The first-order valence-electron chi connectivity index (χ1n) is 5.29. The molecule has 0 saturated carbocycles. The Balaban J connectivity index is 0. The van der Waals surface area contributed by atoms with E-state index in [0.717, 1.165) is 5.57 Å². The largest absolute Gasteiger partial charge is 0.478 e. The number of aliphatic carboxylic acids is 1. The average molecular weight is 250 g/mol. The molecule has 6 heteroatoms. The van der Waals surface area contributed by atoms with Crippen molar-refractivity contribution in [1.82, 2.24) is 0 Å². The number of carboxylic acid groups (broad SMARTS) is 1. The molecule has 0 aliphatic carbocycles. The number of ether oxygens (including phenoxy) is 2. The summed E-state index contributed by atoms with van der Waals surface area (Å²) < 4.78 is 9.75. The van der Waals surface area contributed by atoms with Crippen LogP contribution in [0.4, 0.5) is 0 Å². The monoisotopic (exact) mass is 250 g/mol. The summed E-state index contributed by atoms with van der Waals surface area (Å²) in [6.07, 6.45) is 1.17. The van der Waals surface area contributed by atoms with Gasteiger partial charge in [-0.25, -0.2) is 4.79 Å². The highest BCUT2D eigenvalue weighted by Gasteiger charge is 1.86. The number of allylic oxidation sites excluding steroid dienone is 1. The van der Waals surface area contributed by atoms with E-state index in [1.165, 1.54) is 6.08 Å². The van der Waals surface area contributed by atoms with Crippen molar-refractivity contribution in [3.63, 3.8) is 0 Å². The van der Waals surface area contributed by atoms with E-state index in [9.17, 15) is 4.79 Å². The van der Waals surface area contributed by atoms with Gasteiger partial charge in [0.1, 0.15) is 0 Å². The summed E-state index contributed by atoms with van der Waals surface area (Å²) in [5.74, 6) is -0.875. The number of hydrogen-bond donors (Lipinski definition) is 3. The third-order valence-corrected chi connectivity index (χ3v) is 1.26. The zero-order valence-electron chi connectivity index (χ0n) is 10.4. The molecule has 0 aliphatic heterocycles. The Bertz CT molecular complexity index is 190. The molecular formula is C11H22O6. The number of carboxylic acids is 1. The van der Waals surface area contributed by atoms with Crippen LogP contribution in [0, 0.1) is 0 Å². The zero-order chi connectivity index (χ0) is 13.5. The van der Waals surface area contributed by atoms with Crippen LogP contribution < -0.4 is 0 Å². The number of aliphatic hydroxyl groups excluding tert-OH is 2. The lowest BCUT2D eigenvalue weighted by Gasteiger charge is -2.01. The summed E-state index contributed by atoms with van der Waals surface area (Å²) in [6, 6.07) is 0. The Morgan fingerprint density at radius 2 is 1.41 bits per heavy atom. The summed E-state index contributed by atoms with van der Waals surface area (Å²) >= 11 is 0. The minimum Gasteiger partial charge on any atom is -0.478 e. The van der Waals surface area contributed by atoms with Crippen LogP contribution in [0.1, 0.15) is 13.8 Å². The Morgan fingerprint density at radius 3 is 1.59 bits per heavy atom. The number of hydrogen-bond acceptors (Lipinski definition) is 5. The summed E-state index contributed by atoms with van der Waals surface area (Å²) in [5.41, 5.74) is 0.813. The predicted molar refractivity (Wildman–Crippen MR) is 62.9 cm³/mol. The molecule has 0 aliphatic rings. The van der Waals surface area contributed by atoms with Crippen molar-refractivity contribution in [2.45, 2.75) is 13.8 Å². The maximum absolute atomic E-state index is 9.73. The van der Waals surface area contributed by atoms with E-state index in [4.69, 9.17) is 24.8 Å². The van der Waals surface area contributed by atoms with Crippen LogP contribution in [-0.2, 0) is 14.3 Å². The topological polar surface area (TPSA) is 96.2 Å². The molecule has 102 valence electrons. The van der Waals surface area contributed by atoms with Gasteiger partial charge in [0.25, 0.3) is 0 Å². The summed E-state index contributed by atoms with van der Waals surface area (Å²) in [6.45, 7) is 5.22. The lowest BCUT2D eigenvalue weighted by molar-refractivity contribution is -0.131. The Morgan fingerprint density at radius 1 is 1.00 bits per heavy atom. The van der Waals surface area contributed by atoms with E-state index >= 15 is 0 Å². The van der Waals surface area contributed by atoms with Gasteiger partial charge in [-0.3, -0.25) is 0 Å². The van der Waals surface area contributed by atoms with Gasteiger partial charge < -0.3 is 24.8 Å². The lowest BCUT2D eigenvalue weighted by atomic mass is 10.3. The first kappa shape index (κ1) is 18.4. The highest BCUT2D eigenvalue weighted by Crippen LogP contribution is 1.85. The second kappa shape index (κ2) is 15.0. The maximum Gasteiger partial charge on any atom is 0.328 e. The van der Waals surface area contributed by atoms with E-state index in [2.05, 4.69) is 0 Å². The van der Waals surface area contributed by atoms with Crippen LogP contribution in [0.15, 0.2) is 11.6 Å². The number of carbonyl (C=O) groups is 1. The molecule has 6 nitrogen and oxygen atoms in total. The van der Waals surface area contributed by atoms with Crippen molar-refractivity contribution in [3.05, 3.63) is 11.6 Å². The van der Waals surface area contributed by atoms with Gasteiger partial charge in [0, 0.05) is 6.08 Å². The van der Waals surface area contributed by atoms with Crippen molar-refractivity contribution in [1.29, 1.82) is 0 Å². The fourth-order valence-electron chi connectivity index (χ4n) is 0.698. The third-order valence-electron chi connectivity index (χ3n) is 1.26. The lowest BCUT2D eigenvalue weighted by Crippen LogP contribution is -2.09. The van der Waals surface area contributed by atoms with E-state index in [1.807, 2.05) is 0 Å². The average Bonchev–Trinajstić information content (AvgIpc) is 2.22. The molecule has 0 atom stereocenters. The molecule has 0 unspecified atom stereocenters. The second-order valence-corrected chi connectivity index (χ2v) is 3.23. The van der Waals surface area contributed by atoms with Gasteiger partial charge in [-0.15, -0.1) is 0 Å². The fraction of sp³-hybridized carbons (Fsp3) is 0.727. The van der Waals surface area contributed by atoms with Crippen LogP contribution in [0.25, 0.3) is 0 Å². The third kappa shape index (κ3) is 25.4. The molecule has 0 saturated heterocycles. The quantitative estimate of drug-likeness (QED) is 0.416. The molecular weight excluding hydrogens is 228 g/mol. The molecule has 0 aromatic carbocycles. The van der Waals surface area contributed by atoms with Crippen LogP contribution in [-0.4, -0.2) is 60.9 Å². The molecule has 3 N–H and O–H groups in total. The Hall–Kier alpha value is -0.950. The molecule has 0 heterocycles. The maximum atomic E-state index is 9.73. The molecule has 17 heavy (non-hydrogen) atoms. The van der Waals surface area contributed by atoms with Crippen LogP contribution in [0.3, 0.4) is 0 Å². The van der Waals surface area contributed by atoms with Crippen molar-refractivity contribution in [2.24, 2.45) is 0 Å². The fourth-order valence-corrected chi connectivity index (χ4v) is 0.698. The SMILES string of the molecule is CC(C)=CC(=O)O.OCCOCCOCCO. The van der Waals surface area contributed by atoms with Crippen molar-refractivity contribution in [2.75, 3.05) is 39.6 Å². The first-order chi connectivity index (χ1) is 8.04. The standard InChI is InChI=1S/C6H14O4.C5H8O2/c7-1-3-9-5-6-10-4-2-8;1-4(2)3-5(6)7/h7-8H,1-6H2;3H,1-2H3,(H,6,7).